The van der Waals surface area contributed by atoms with Crippen LogP contribution in [0.2, 0.25) is 0 Å². The van der Waals surface area contributed by atoms with Crippen LogP contribution in [0.4, 0.5) is 5.82 Å². The normalized spacial score (nSPS) is 22.5. The number of fused-ring (bicyclic) bond motifs is 3. The highest BCUT2D eigenvalue weighted by molar-refractivity contribution is 7.19. The number of hydrogen-bond acceptors (Lipinski definition) is 4. The summed E-state index contributed by atoms with van der Waals surface area (Å²) >= 11 is 1.91. The molecule has 1 atom stereocenters. The number of aromatic nitrogens is 2. The van der Waals surface area contributed by atoms with Gasteiger partial charge < -0.3 is 4.90 Å². The molecule has 1 unspecified atom stereocenters. The molecule has 1 fully saturated rings. The van der Waals surface area contributed by atoms with Crippen LogP contribution in [0.25, 0.3) is 10.2 Å². The molecule has 0 saturated carbocycles. The molecule has 1 saturated heterocycles. The number of aryl methyl sites for hydroxylation is 2. The fourth-order valence-corrected chi connectivity index (χ4v) is 5.01. The van der Waals surface area contributed by atoms with Crippen molar-refractivity contribution in [1.82, 2.24) is 9.97 Å². The number of rotatable bonds is 1. The van der Waals surface area contributed by atoms with Gasteiger partial charge in [0.1, 0.15) is 16.5 Å². The summed E-state index contributed by atoms with van der Waals surface area (Å²) in [4.78, 5) is 14.8. The van der Waals surface area contributed by atoms with Gasteiger partial charge >= 0.3 is 0 Å². The van der Waals surface area contributed by atoms with Gasteiger partial charge in [-0.05, 0) is 50.5 Å². The Labute approximate surface area is 124 Å². The van der Waals surface area contributed by atoms with Crippen molar-refractivity contribution >= 4 is 27.4 Å². The summed E-state index contributed by atoms with van der Waals surface area (Å²) in [5.41, 5.74) is 1.56. The maximum absolute atomic E-state index is 4.80. The van der Waals surface area contributed by atoms with Gasteiger partial charge in [-0.25, -0.2) is 9.97 Å². The zero-order valence-corrected chi connectivity index (χ0v) is 13.1. The Morgan fingerprint density at radius 1 is 1.20 bits per heavy atom. The minimum atomic E-state index is 0.819. The van der Waals surface area contributed by atoms with Crippen LogP contribution in [0.5, 0.6) is 0 Å². The Morgan fingerprint density at radius 3 is 2.80 bits per heavy atom. The van der Waals surface area contributed by atoms with Gasteiger partial charge in [-0.1, -0.05) is 6.92 Å². The number of nitrogens with zero attached hydrogens (tertiary/aromatic N) is 3. The van der Waals surface area contributed by atoms with Crippen LogP contribution < -0.4 is 4.90 Å². The topological polar surface area (TPSA) is 29.0 Å². The Morgan fingerprint density at radius 2 is 2.00 bits per heavy atom. The molecule has 2 aromatic rings. The smallest absolute Gasteiger partial charge is 0.141 e. The van der Waals surface area contributed by atoms with Crippen LogP contribution in [0.15, 0.2) is 0 Å². The van der Waals surface area contributed by atoms with Crippen molar-refractivity contribution in [2.45, 2.75) is 46.0 Å². The molecule has 106 valence electrons. The Hall–Kier alpha value is -1.16. The summed E-state index contributed by atoms with van der Waals surface area (Å²) in [5, 5.41) is 1.38. The zero-order valence-electron chi connectivity index (χ0n) is 12.3. The van der Waals surface area contributed by atoms with Crippen LogP contribution >= 0.6 is 11.3 Å². The van der Waals surface area contributed by atoms with Gasteiger partial charge in [0.25, 0.3) is 0 Å². The SMILES string of the molecule is Cc1nc(N2CCCC2)c2c3c(sc2n1)CC(C)CC3. The number of hydrogen-bond donors (Lipinski definition) is 0. The molecule has 0 aromatic carbocycles. The molecule has 3 heterocycles. The van der Waals surface area contributed by atoms with E-state index >= 15 is 0 Å². The largest absolute Gasteiger partial charge is 0.356 e. The average molecular weight is 287 g/mol. The van der Waals surface area contributed by atoms with E-state index in [1.165, 1.54) is 48.1 Å². The fraction of sp³-hybridized carbons (Fsp3) is 0.625. The monoisotopic (exact) mass is 287 g/mol. The number of thiophene rings is 1. The highest BCUT2D eigenvalue weighted by Gasteiger charge is 2.26. The molecule has 4 rings (SSSR count). The van der Waals surface area contributed by atoms with Crippen LogP contribution in [0.3, 0.4) is 0 Å². The molecule has 20 heavy (non-hydrogen) atoms. The van der Waals surface area contributed by atoms with Crippen LogP contribution in [-0.2, 0) is 12.8 Å². The van der Waals surface area contributed by atoms with E-state index in [1.807, 2.05) is 18.3 Å². The molecule has 1 aliphatic carbocycles. The van der Waals surface area contributed by atoms with Crippen molar-refractivity contribution in [3.05, 3.63) is 16.3 Å². The first-order valence-corrected chi connectivity index (χ1v) is 8.58. The van der Waals surface area contributed by atoms with Crippen molar-refractivity contribution in [2.75, 3.05) is 18.0 Å². The van der Waals surface area contributed by atoms with E-state index in [0.717, 1.165) is 24.8 Å². The third kappa shape index (κ3) is 1.93. The summed E-state index contributed by atoms with van der Waals surface area (Å²) in [6.45, 7) is 6.71. The maximum Gasteiger partial charge on any atom is 0.141 e. The van der Waals surface area contributed by atoms with E-state index in [2.05, 4.69) is 11.8 Å². The van der Waals surface area contributed by atoms with Gasteiger partial charge in [0.05, 0.1) is 5.39 Å². The summed E-state index contributed by atoms with van der Waals surface area (Å²) in [6, 6.07) is 0. The lowest BCUT2D eigenvalue weighted by Gasteiger charge is -2.21. The van der Waals surface area contributed by atoms with Crippen molar-refractivity contribution in [1.29, 1.82) is 0 Å². The lowest BCUT2D eigenvalue weighted by molar-refractivity contribution is 0.509. The Bertz CT molecular complexity index is 655. The van der Waals surface area contributed by atoms with Crippen LogP contribution in [0, 0.1) is 12.8 Å². The maximum atomic E-state index is 4.80. The van der Waals surface area contributed by atoms with E-state index in [9.17, 15) is 0 Å². The summed E-state index contributed by atoms with van der Waals surface area (Å²) in [5.74, 6) is 2.96. The van der Waals surface area contributed by atoms with E-state index < -0.39 is 0 Å². The Kier molecular flexibility index (Phi) is 2.95. The molecule has 2 aliphatic rings. The molecular weight excluding hydrogens is 266 g/mol. The first kappa shape index (κ1) is 12.6. The predicted molar refractivity (Wildman–Crippen MR) is 84.8 cm³/mol. The second kappa shape index (κ2) is 4.69. The average Bonchev–Trinajstić information content (AvgIpc) is 3.03. The van der Waals surface area contributed by atoms with Gasteiger partial charge in [0.2, 0.25) is 0 Å². The first-order chi connectivity index (χ1) is 9.72. The fourth-order valence-electron chi connectivity index (χ4n) is 3.58. The summed E-state index contributed by atoms with van der Waals surface area (Å²) < 4.78 is 0. The van der Waals surface area contributed by atoms with E-state index in [-0.39, 0.29) is 0 Å². The molecule has 4 heteroatoms. The highest BCUT2D eigenvalue weighted by atomic mass is 32.1. The third-order valence-electron chi connectivity index (χ3n) is 4.65. The minimum absolute atomic E-state index is 0.819. The quantitative estimate of drug-likeness (QED) is 0.800. The van der Waals surface area contributed by atoms with Crippen molar-refractivity contribution in [3.8, 4) is 0 Å². The molecule has 3 nitrogen and oxygen atoms in total. The second-order valence-electron chi connectivity index (χ2n) is 6.32. The van der Waals surface area contributed by atoms with Crippen LogP contribution in [-0.4, -0.2) is 23.1 Å². The summed E-state index contributed by atoms with van der Waals surface area (Å²) in [6.07, 6.45) is 6.35. The standard InChI is InChI=1S/C16H21N3S/c1-10-5-6-12-13(9-10)20-16-14(12)15(17-11(2)18-16)19-7-3-4-8-19/h10H,3-9H2,1-2H3. The molecular formula is C16H21N3S. The van der Waals surface area contributed by atoms with E-state index in [0.29, 0.717) is 0 Å². The number of anilines is 1. The third-order valence-corrected chi connectivity index (χ3v) is 5.80. The van der Waals surface area contributed by atoms with Crippen molar-refractivity contribution in [3.63, 3.8) is 0 Å². The molecule has 0 radical (unpaired) electrons. The summed E-state index contributed by atoms with van der Waals surface area (Å²) in [7, 11) is 0. The second-order valence-corrected chi connectivity index (χ2v) is 7.40. The van der Waals surface area contributed by atoms with Gasteiger partial charge in [-0.3, -0.25) is 0 Å². The van der Waals surface area contributed by atoms with Gasteiger partial charge in [-0.2, -0.15) is 0 Å². The highest BCUT2D eigenvalue weighted by Crippen LogP contribution is 2.41. The molecule has 0 bridgehead atoms. The molecule has 0 N–H and O–H groups in total. The molecule has 2 aromatic heterocycles. The Balaban J connectivity index is 1.93. The zero-order chi connectivity index (χ0) is 13.7. The van der Waals surface area contributed by atoms with Gasteiger partial charge in [0.15, 0.2) is 0 Å². The van der Waals surface area contributed by atoms with E-state index in [1.54, 1.807) is 10.4 Å². The lowest BCUT2D eigenvalue weighted by atomic mass is 9.89. The molecule has 0 spiro atoms. The molecule has 1 aliphatic heterocycles. The molecule has 0 amide bonds. The van der Waals surface area contributed by atoms with Crippen molar-refractivity contribution < 1.29 is 0 Å². The van der Waals surface area contributed by atoms with Gasteiger partial charge in [0, 0.05) is 18.0 Å². The lowest BCUT2D eigenvalue weighted by Crippen LogP contribution is -2.20. The van der Waals surface area contributed by atoms with Crippen molar-refractivity contribution in [2.24, 2.45) is 5.92 Å². The minimum Gasteiger partial charge on any atom is -0.356 e. The predicted octanol–water partition coefficient (Wildman–Crippen LogP) is 3.72. The van der Waals surface area contributed by atoms with Crippen LogP contribution in [0.1, 0.15) is 42.5 Å². The van der Waals surface area contributed by atoms with E-state index in [4.69, 9.17) is 9.97 Å². The van der Waals surface area contributed by atoms with Gasteiger partial charge in [-0.15, -0.1) is 11.3 Å². The first-order valence-electron chi connectivity index (χ1n) is 7.76.